The van der Waals surface area contributed by atoms with E-state index in [0.29, 0.717) is 11.4 Å². The number of hydrogen-bond donors (Lipinski definition) is 0. The largest absolute Gasteiger partial charge is 0.253 e. The summed E-state index contributed by atoms with van der Waals surface area (Å²) >= 11 is 3.63. The van der Waals surface area contributed by atoms with Crippen LogP contribution >= 0.6 is 23.5 Å². The van der Waals surface area contributed by atoms with Crippen LogP contribution in [0.5, 0.6) is 0 Å². The molecular formula is C28H23FN2S2. The first-order valence-corrected chi connectivity index (χ1v) is 13.0. The first-order valence-electron chi connectivity index (χ1n) is 11.2. The summed E-state index contributed by atoms with van der Waals surface area (Å²) in [6, 6.07) is 28.4. The summed E-state index contributed by atoms with van der Waals surface area (Å²) in [5, 5.41) is 0.427. The molecule has 0 radical (unpaired) electrons. The highest BCUT2D eigenvalue weighted by Gasteiger charge is 2.34. The van der Waals surface area contributed by atoms with Gasteiger partial charge in [-0.25, -0.2) is 4.39 Å². The Kier molecular flexibility index (Phi) is 5.27. The minimum absolute atomic E-state index is 0.214. The number of benzene rings is 2. The van der Waals surface area contributed by atoms with Gasteiger partial charge in [0.05, 0.1) is 33.3 Å². The fourth-order valence-corrected chi connectivity index (χ4v) is 7.17. The summed E-state index contributed by atoms with van der Waals surface area (Å²) in [4.78, 5) is 12.2. The Morgan fingerprint density at radius 1 is 0.667 bits per heavy atom. The first kappa shape index (κ1) is 20.9. The highest BCUT2D eigenvalue weighted by molar-refractivity contribution is 8.00. The number of aromatic nitrogens is 2. The fourth-order valence-electron chi connectivity index (χ4n) is 4.61. The maximum absolute atomic E-state index is 16.3. The third kappa shape index (κ3) is 3.87. The standard InChI is InChI=1S/C28H23FN2S2/c1-28(29,26-14-6-10-20(30-26)24-16-18-8-2-4-12-22(18)32-24)27-15-7-11-21(31-27)25-17-19-9-3-5-13-23(19)33-25/h2-15,24-25H,16-17H2,1H3. The van der Waals surface area contributed by atoms with E-state index < -0.39 is 5.67 Å². The Hall–Kier alpha value is -2.63. The van der Waals surface area contributed by atoms with E-state index in [1.807, 2.05) is 47.8 Å². The minimum Gasteiger partial charge on any atom is -0.253 e. The lowest BCUT2D eigenvalue weighted by molar-refractivity contribution is 0.235. The van der Waals surface area contributed by atoms with Crippen molar-refractivity contribution in [2.75, 3.05) is 0 Å². The quantitative estimate of drug-likeness (QED) is 0.309. The van der Waals surface area contributed by atoms with E-state index in [9.17, 15) is 0 Å². The minimum atomic E-state index is -1.77. The van der Waals surface area contributed by atoms with Crippen LogP contribution in [0.3, 0.4) is 0 Å². The second-order valence-electron chi connectivity index (χ2n) is 8.74. The molecule has 0 N–H and O–H groups in total. The maximum atomic E-state index is 16.3. The van der Waals surface area contributed by atoms with Gasteiger partial charge in [-0.2, -0.15) is 0 Å². The van der Waals surface area contributed by atoms with E-state index in [0.717, 1.165) is 24.2 Å². The number of alkyl halides is 1. The first-order chi connectivity index (χ1) is 16.1. The number of pyridine rings is 2. The van der Waals surface area contributed by atoms with E-state index in [4.69, 9.17) is 9.97 Å². The van der Waals surface area contributed by atoms with Crippen molar-refractivity contribution in [2.24, 2.45) is 0 Å². The lowest BCUT2D eigenvalue weighted by Gasteiger charge is -2.22. The molecule has 4 aromatic rings. The molecule has 4 heterocycles. The van der Waals surface area contributed by atoms with Crippen LogP contribution in [0.2, 0.25) is 0 Å². The third-order valence-corrected chi connectivity index (χ3v) is 9.15. The molecule has 5 heteroatoms. The number of nitrogens with zero attached hydrogens (tertiary/aromatic N) is 2. The van der Waals surface area contributed by atoms with Crippen molar-refractivity contribution in [1.82, 2.24) is 9.97 Å². The molecule has 0 bridgehead atoms. The SMILES string of the molecule is CC(F)(c1cccc(C2Cc3ccccc3S2)n1)c1cccc(C2Cc3ccccc3S2)n1. The Balaban J connectivity index is 1.27. The average Bonchev–Trinajstić information content (AvgIpc) is 3.49. The van der Waals surface area contributed by atoms with Gasteiger partial charge in [-0.3, -0.25) is 9.97 Å². The molecule has 0 fully saturated rings. The van der Waals surface area contributed by atoms with Crippen LogP contribution in [0.4, 0.5) is 4.39 Å². The predicted molar refractivity (Wildman–Crippen MR) is 134 cm³/mol. The molecule has 0 saturated heterocycles. The van der Waals surface area contributed by atoms with Gasteiger partial charge in [-0.1, -0.05) is 48.5 Å². The van der Waals surface area contributed by atoms with Crippen molar-refractivity contribution < 1.29 is 4.39 Å². The van der Waals surface area contributed by atoms with Crippen molar-refractivity contribution >= 4 is 23.5 Å². The Morgan fingerprint density at radius 2 is 1.12 bits per heavy atom. The molecule has 2 unspecified atom stereocenters. The molecular weight excluding hydrogens is 447 g/mol. The van der Waals surface area contributed by atoms with E-state index in [-0.39, 0.29) is 10.5 Å². The number of thioether (sulfide) groups is 2. The molecule has 2 aliphatic heterocycles. The molecule has 2 atom stereocenters. The molecule has 2 nitrogen and oxygen atoms in total. The van der Waals surface area contributed by atoms with E-state index in [2.05, 4.69) is 48.5 Å². The van der Waals surface area contributed by atoms with Crippen molar-refractivity contribution in [3.8, 4) is 0 Å². The van der Waals surface area contributed by atoms with Gasteiger partial charge in [0.15, 0.2) is 5.67 Å². The molecule has 0 spiro atoms. The monoisotopic (exact) mass is 470 g/mol. The summed E-state index contributed by atoms with van der Waals surface area (Å²) < 4.78 is 16.3. The molecule has 2 aliphatic rings. The van der Waals surface area contributed by atoms with Crippen LogP contribution in [0.15, 0.2) is 94.7 Å². The van der Waals surface area contributed by atoms with Crippen LogP contribution in [0.1, 0.15) is 51.3 Å². The van der Waals surface area contributed by atoms with Crippen molar-refractivity contribution in [2.45, 2.75) is 45.7 Å². The molecule has 6 rings (SSSR count). The second-order valence-corrected chi connectivity index (χ2v) is 11.2. The third-order valence-electron chi connectivity index (χ3n) is 6.46. The van der Waals surface area contributed by atoms with E-state index >= 15 is 4.39 Å². The molecule has 0 aliphatic carbocycles. The lowest BCUT2D eigenvalue weighted by atomic mass is 9.97. The zero-order valence-corrected chi connectivity index (χ0v) is 19.9. The normalized spacial score (nSPS) is 20.8. The zero-order valence-electron chi connectivity index (χ0n) is 18.2. The molecule has 0 saturated carbocycles. The van der Waals surface area contributed by atoms with Crippen LogP contribution in [0, 0.1) is 0 Å². The molecule has 164 valence electrons. The predicted octanol–water partition coefficient (Wildman–Crippen LogP) is 7.49. The number of halogens is 1. The van der Waals surface area contributed by atoms with Gasteiger partial charge < -0.3 is 0 Å². The number of rotatable bonds is 4. The van der Waals surface area contributed by atoms with Crippen molar-refractivity contribution in [3.63, 3.8) is 0 Å². The van der Waals surface area contributed by atoms with Crippen LogP contribution in [-0.4, -0.2) is 9.97 Å². The van der Waals surface area contributed by atoms with E-state index in [1.165, 1.54) is 20.9 Å². The summed E-state index contributed by atoms with van der Waals surface area (Å²) in [6.45, 7) is 1.58. The molecule has 2 aromatic carbocycles. The highest BCUT2D eigenvalue weighted by atomic mass is 32.2. The van der Waals surface area contributed by atoms with Crippen molar-refractivity contribution in [3.05, 3.63) is 119 Å². The summed E-state index contributed by atoms with van der Waals surface area (Å²) in [5.74, 6) is 0. The Bertz CT molecular complexity index is 1190. The Labute approximate surface area is 202 Å². The van der Waals surface area contributed by atoms with E-state index in [1.54, 1.807) is 19.1 Å². The van der Waals surface area contributed by atoms with Gasteiger partial charge in [0.2, 0.25) is 0 Å². The Morgan fingerprint density at radius 3 is 1.58 bits per heavy atom. The van der Waals surface area contributed by atoms with Gasteiger partial charge >= 0.3 is 0 Å². The van der Waals surface area contributed by atoms with Gasteiger partial charge in [-0.05, 0) is 67.3 Å². The summed E-state index contributed by atoms with van der Waals surface area (Å²) in [5.41, 5.74) is 3.61. The average molecular weight is 471 g/mol. The van der Waals surface area contributed by atoms with Crippen LogP contribution in [0.25, 0.3) is 0 Å². The number of fused-ring (bicyclic) bond motifs is 2. The number of hydrogen-bond acceptors (Lipinski definition) is 4. The summed E-state index contributed by atoms with van der Waals surface area (Å²) in [6.07, 6.45) is 1.85. The van der Waals surface area contributed by atoms with Gasteiger partial charge in [-0.15, -0.1) is 23.5 Å². The smallest absolute Gasteiger partial charge is 0.191 e. The molecule has 2 aromatic heterocycles. The lowest BCUT2D eigenvalue weighted by Crippen LogP contribution is -2.22. The molecule has 33 heavy (non-hydrogen) atoms. The van der Waals surface area contributed by atoms with Gasteiger partial charge in [0, 0.05) is 9.79 Å². The molecule has 0 amide bonds. The fraction of sp³-hybridized carbons (Fsp3) is 0.214. The van der Waals surface area contributed by atoms with Crippen LogP contribution < -0.4 is 0 Å². The van der Waals surface area contributed by atoms with Crippen LogP contribution in [-0.2, 0) is 18.5 Å². The maximum Gasteiger partial charge on any atom is 0.191 e. The second kappa shape index (κ2) is 8.30. The zero-order chi connectivity index (χ0) is 22.4. The highest BCUT2D eigenvalue weighted by Crippen LogP contribution is 2.47. The summed E-state index contributed by atoms with van der Waals surface area (Å²) in [7, 11) is 0. The van der Waals surface area contributed by atoms with Crippen molar-refractivity contribution in [1.29, 1.82) is 0 Å². The van der Waals surface area contributed by atoms with Gasteiger partial charge in [0.1, 0.15) is 0 Å². The topological polar surface area (TPSA) is 25.8 Å². The van der Waals surface area contributed by atoms with Gasteiger partial charge in [0.25, 0.3) is 0 Å².